The van der Waals surface area contributed by atoms with Gasteiger partial charge in [-0.05, 0) is 36.4 Å². The summed E-state index contributed by atoms with van der Waals surface area (Å²) in [6, 6.07) is 7.31. The van der Waals surface area contributed by atoms with Crippen molar-refractivity contribution in [2.24, 2.45) is 0 Å². The number of halogens is 5. The quantitative estimate of drug-likeness (QED) is 0.770. The van der Waals surface area contributed by atoms with E-state index in [4.69, 9.17) is 0 Å². The van der Waals surface area contributed by atoms with Gasteiger partial charge in [-0.2, -0.15) is 13.2 Å². The Bertz CT molecular complexity index is 822. The minimum atomic E-state index is -4.65. The van der Waals surface area contributed by atoms with Crippen LogP contribution in [-0.2, 0) is 22.7 Å². The summed E-state index contributed by atoms with van der Waals surface area (Å²) in [5.74, 6) is -0.625. The number of nitrogens with one attached hydrogen (secondary N) is 1. The molecule has 0 saturated carbocycles. The van der Waals surface area contributed by atoms with Gasteiger partial charge in [-0.3, -0.25) is 0 Å². The van der Waals surface area contributed by atoms with Gasteiger partial charge < -0.3 is 0 Å². The van der Waals surface area contributed by atoms with Crippen molar-refractivity contribution in [3.8, 4) is 0 Å². The molecule has 0 amide bonds. The molecule has 2 aromatic carbocycles. The van der Waals surface area contributed by atoms with Crippen LogP contribution in [0.5, 0.6) is 0 Å². The topological polar surface area (TPSA) is 46.2 Å². The first-order valence-electron chi connectivity index (χ1n) is 6.20. The zero-order chi connectivity index (χ0) is 17.3. The Hall–Kier alpha value is -1.45. The average Bonchev–Trinajstić information content (AvgIpc) is 2.47. The van der Waals surface area contributed by atoms with E-state index in [2.05, 4.69) is 20.7 Å². The van der Waals surface area contributed by atoms with E-state index in [1.165, 1.54) is 12.1 Å². The second-order valence-corrected chi connectivity index (χ2v) is 7.27. The van der Waals surface area contributed by atoms with Gasteiger partial charge in [-0.15, -0.1) is 0 Å². The fourth-order valence-corrected chi connectivity index (χ4v) is 3.23. The third-order valence-corrected chi connectivity index (χ3v) is 4.82. The lowest BCUT2D eigenvalue weighted by molar-refractivity contribution is -0.137. The van der Waals surface area contributed by atoms with Crippen LogP contribution in [0.2, 0.25) is 0 Å². The van der Waals surface area contributed by atoms with E-state index in [1.54, 1.807) is 0 Å². The number of sulfonamides is 1. The van der Waals surface area contributed by atoms with Gasteiger partial charge in [0.1, 0.15) is 5.82 Å². The van der Waals surface area contributed by atoms with Crippen LogP contribution in [0, 0.1) is 5.82 Å². The molecule has 0 aliphatic rings. The van der Waals surface area contributed by atoms with Crippen molar-refractivity contribution in [2.45, 2.75) is 17.6 Å². The maximum Gasteiger partial charge on any atom is 0.416 e. The van der Waals surface area contributed by atoms with E-state index < -0.39 is 32.5 Å². The molecule has 2 rings (SSSR count). The molecule has 0 aliphatic carbocycles. The average molecular weight is 412 g/mol. The van der Waals surface area contributed by atoms with Crippen LogP contribution >= 0.6 is 15.9 Å². The highest BCUT2D eigenvalue weighted by atomic mass is 79.9. The van der Waals surface area contributed by atoms with Crippen molar-refractivity contribution in [3.63, 3.8) is 0 Å². The highest BCUT2D eigenvalue weighted by Gasteiger charge is 2.31. The van der Waals surface area contributed by atoms with Gasteiger partial charge in [0.25, 0.3) is 0 Å². The Morgan fingerprint density at radius 3 is 2.43 bits per heavy atom. The van der Waals surface area contributed by atoms with E-state index in [0.717, 1.165) is 24.3 Å². The van der Waals surface area contributed by atoms with Gasteiger partial charge >= 0.3 is 6.18 Å². The Kier molecular flexibility index (Phi) is 5.12. The molecule has 0 radical (unpaired) electrons. The first-order chi connectivity index (χ1) is 10.6. The number of hydrogen-bond acceptors (Lipinski definition) is 2. The largest absolute Gasteiger partial charge is 0.416 e. The highest BCUT2D eigenvalue weighted by Crippen LogP contribution is 2.30. The van der Waals surface area contributed by atoms with Gasteiger partial charge in [0.2, 0.25) is 10.0 Å². The molecule has 0 atom stereocenters. The summed E-state index contributed by atoms with van der Waals surface area (Å²) < 4.78 is 78.2. The normalized spacial score (nSPS) is 12.4. The minimum Gasteiger partial charge on any atom is -0.207 e. The molecule has 23 heavy (non-hydrogen) atoms. The summed E-state index contributed by atoms with van der Waals surface area (Å²) in [5, 5.41) is 0. The van der Waals surface area contributed by atoms with E-state index >= 15 is 0 Å². The first-order valence-corrected chi connectivity index (χ1v) is 8.48. The second kappa shape index (κ2) is 6.58. The molecule has 0 unspecified atom stereocenters. The summed E-state index contributed by atoms with van der Waals surface area (Å²) in [4.78, 5) is -0.539. The van der Waals surface area contributed by atoms with Crippen LogP contribution in [0.25, 0.3) is 0 Å². The van der Waals surface area contributed by atoms with Crippen molar-refractivity contribution in [2.75, 3.05) is 0 Å². The Labute approximate surface area is 138 Å². The number of alkyl halides is 3. The lowest BCUT2D eigenvalue weighted by Crippen LogP contribution is -2.24. The van der Waals surface area contributed by atoms with Crippen LogP contribution < -0.4 is 4.72 Å². The second-order valence-electron chi connectivity index (χ2n) is 4.59. The molecule has 1 N–H and O–H groups in total. The maximum absolute atomic E-state index is 13.6. The standard InChI is InChI=1S/C14H10BrF4NO2S/c15-11-4-5-13(16)9(6-11)8-20-23(21,22)12-3-1-2-10(7-12)14(17,18)19/h1-7,20H,8H2. The van der Waals surface area contributed by atoms with Gasteiger partial charge in [0.15, 0.2) is 0 Å². The van der Waals surface area contributed by atoms with Gasteiger partial charge in [-0.1, -0.05) is 22.0 Å². The van der Waals surface area contributed by atoms with Crippen LogP contribution in [0.15, 0.2) is 51.8 Å². The monoisotopic (exact) mass is 411 g/mol. The summed E-state index contributed by atoms with van der Waals surface area (Å²) in [6.07, 6.45) is -4.65. The molecule has 0 bridgehead atoms. The summed E-state index contributed by atoms with van der Waals surface area (Å²) in [7, 11) is -4.20. The molecule has 2 aromatic rings. The minimum absolute atomic E-state index is 0.0647. The van der Waals surface area contributed by atoms with Crippen molar-refractivity contribution < 1.29 is 26.0 Å². The van der Waals surface area contributed by atoms with E-state index in [0.29, 0.717) is 10.5 Å². The fraction of sp³-hybridized carbons (Fsp3) is 0.143. The maximum atomic E-state index is 13.6. The molecule has 0 saturated heterocycles. The first kappa shape index (κ1) is 17.9. The van der Waals surface area contributed by atoms with Crippen LogP contribution in [-0.4, -0.2) is 8.42 Å². The van der Waals surface area contributed by atoms with Crippen LogP contribution in [0.1, 0.15) is 11.1 Å². The molecule has 124 valence electrons. The van der Waals surface area contributed by atoms with Crippen molar-refractivity contribution in [3.05, 3.63) is 63.9 Å². The molecule has 0 spiro atoms. The summed E-state index contributed by atoms with van der Waals surface area (Å²) in [5.41, 5.74) is -1.01. The smallest absolute Gasteiger partial charge is 0.207 e. The summed E-state index contributed by atoms with van der Waals surface area (Å²) in [6.45, 7) is -0.385. The molecule has 0 aliphatic heterocycles. The fourth-order valence-electron chi connectivity index (χ4n) is 1.77. The number of benzene rings is 2. The molecule has 0 heterocycles. The highest BCUT2D eigenvalue weighted by molar-refractivity contribution is 9.10. The molecule has 0 fully saturated rings. The van der Waals surface area contributed by atoms with Crippen LogP contribution in [0.4, 0.5) is 17.6 Å². The van der Waals surface area contributed by atoms with Crippen molar-refractivity contribution in [1.82, 2.24) is 4.72 Å². The third-order valence-electron chi connectivity index (χ3n) is 2.93. The zero-order valence-electron chi connectivity index (χ0n) is 11.4. The predicted octanol–water partition coefficient (Wildman–Crippen LogP) is 4.09. The van der Waals surface area contributed by atoms with E-state index in [9.17, 15) is 26.0 Å². The predicted molar refractivity (Wildman–Crippen MR) is 79.6 cm³/mol. The number of hydrogen-bond donors (Lipinski definition) is 1. The molecule has 3 nitrogen and oxygen atoms in total. The lowest BCUT2D eigenvalue weighted by Gasteiger charge is -2.11. The lowest BCUT2D eigenvalue weighted by atomic mass is 10.2. The third kappa shape index (κ3) is 4.52. The van der Waals surface area contributed by atoms with E-state index in [-0.39, 0.29) is 12.1 Å². The van der Waals surface area contributed by atoms with E-state index in [1.807, 2.05) is 0 Å². The Balaban J connectivity index is 2.24. The van der Waals surface area contributed by atoms with Gasteiger partial charge in [-0.25, -0.2) is 17.5 Å². The molecular formula is C14H10BrF4NO2S. The van der Waals surface area contributed by atoms with Crippen molar-refractivity contribution in [1.29, 1.82) is 0 Å². The summed E-state index contributed by atoms with van der Waals surface area (Å²) >= 11 is 3.12. The van der Waals surface area contributed by atoms with Crippen molar-refractivity contribution >= 4 is 26.0 Å². The molecule has 9 heteroatoms. The van der Waals surface area contributed by atoms with Gasteiger partial charge in [0, 0.05) is 16.6 Å². The Morgan fingerprint density at radius 2 is 1.78 bits per heavy atom. The Morgan fingerprint density at radius 1 is 1.09 bits per heavy atom. The SMILES string of the molecule is O=S(=O)(NCc1cc(Br)ccc1F)c1cccc(C(F)(F)F)c1. The molecule has 0 aromatic heterocycles. The van der Waals surface area contributed by atoms with Crippen LogP contribution in [0.3, 0.4) is 0 Å². The number of rotatable bonds is 4. The zero-order valence-corrected chi connectivity index (χ0v) is 13.8. The molecular weight excluding hydrogens is 402 g/mol. The van der Waals surface area contributed by atoms with Gasteiger partial charge in [0.05, 0.1) is 10.5 Å².